The molecule has 1 aliphatic heterocycles. The molecular formula is C12H24N2O3. The fourth-order valence-electron chi connectivity index (χ4n) is 2.15. The number of hydrogen-bond acceptors (Lipinski definition) is 4. The summed E-state index contributed by atoms with van der Waals surface area (Å²) in [6.45, 7) is 6.69. The van der Waals surface area contributed by atoms with E-state index >= 15 is 0 Å². The number of unbranched alkanes of at least 4 members (excludes halogenated alkanes) is 2. The van der Waals surface area contributed by atoms with Crippen LogP contribution in [0.1, 0.15) is 26.2 Å². The standard InChI is InChI=1S/C12H24N2O3/c1-11(12(16)17)14-8-6-13(7-9-14)5-3-2-4-10-15/h11,15H,2-10H2,1H3,(H,16,17). The minimum Gasteiger partial charge on any atom is -0.480 e. The average Bonchev–Trinajstić information content (AvgIpc) is 2.34. The highest BCUT2D eigenvalue weighted by Crippen LogP contribution is 2.08. The maximum atomic E-state index is 10.8. The highest BCUT2D eigenvalue weighted by molar-refractivity contribution is 5.72. The van der Waals surface area contributed by atoms with Gasteiger partial charge < -0.3 is 15.1 Å². The summed E-state index contributed by atoms with van der Waals surface area (Å²) in [6.07, 6.45) is 3.08. The van der Waals surface area contributed by atoms with E-state index in [2.05, 4.69) is 4.90 Å². The third-order valence-electron chi connectivity index (χ3n) is 3.44. The SMILES string of the molecule is CC(C(=O)O)N1CCN(CCCCCO)CC1. The molecule has 1 unspecified atom stereocenters. The first-order valence-electron chi connectivity index (χ1n) is 6.45. The van der Waals surface area contributed by atoms with Crippen molar-refractivity contribution < 1.29 is 15.0 Å². The van der Waals surface area contributed by atoms with Crippen LogP contribution in [0.2, 0.25) is 0 Å². The molecule has 0 amide bonds. The van der Waals surface area contributed by atoms with E-state index in [1.165, 1.54) is 0 Å². The molecule has 1 heterocycles. The first-order chi connectivity index (χ1) is 8.15. The van der Waals surface area contributed by atoms with Gasteiger partial charge in [-0.1, -0.05) is 0 Å². The van der Waals surface area contributed by atoms with Gasteiger partial charge in [0.2, 0.25) is 0 Å². The predicted molar refractivity (Wildman–Crippen MR) is 66.0 cm³/mol. The lowest BCUT2D eigenvalue weighted by atomic mass is 10.2. The molecule has 2 N–H and O–H groups in total. The molecule has 0 aromatic heterocycles. The van der Waals surface area contributed by atoms with Crippen molar-refractivity contribution in [3.8, 4) is 0 Å². The summed E-state index contributed by atoms with van der Waals surface area (Å²) in [6, 6.07) is -0.369. The molecule has 1 atom stereocenters. The van der Waals surface area contributed by atoms with Crippen LogP contribution in [0.3, 0.4) is 0 Å². The first kappa shape index (κ1) is 14.4. The number of nitrogens with zero attached hydrogens (tertiary/aromatic N) is 2. The van der Waals surface area contributed by atoms with E-state index < -0.39 is 5.97 Å². The Bertz CT molecular complexity index is 228. The molecule has 0 aromatic carbocycles. The molecule has 5 heteroatoms. The van der Waals surface area contributed by atoms with E-state index in [0.29, 0.717) is 0 Å². The quantitative estimate of drug-likeness (QED) is 0.628. The van der Waals surface area contributed by atoms with Gasteiger partial charge in [-0.25, -0.2) is 0 Å². The van der Waals surface area contributed by atoms with Gasteiger partial charge in [0.15, 0.2) is 0 Å². The number of carboxylic acids is 1. The smallest absolute Gasteiger partial charge is 0.320 e. The van der Waals surface area contributed by atoms with Crippen molar-refractivity contribution in [2.75, 3.05) is 39.3 Å². The van der Waals surface area contributed by atoms with Gasteiger partial charge in [-0.05, 0) is 32.7 Å². The van der Waals surface area contributed by atoms with Crippen LogP contribution in [-0.4, -0.2) is 71.4 Å². The molecule has 0 aliphatic carbocycles. The lowest BCUT2D eigenvalue weighted by Crippen LogP contribution is -2.51. The normalized spacial score (nSPS) is 20.4. The molecule has 1 fully saturated rings. The average molecular weight is 244 g/mol. The lowest BCUT2D eigenvalue weighted by Gasteiger charge is -2.36. The molecule has 0 aromatic rings. The molecule has 1 aliphatic rings. The molecule has 0 bridgehead atoms. The van der Waals surface area contributed by atoms with Gasteiger partial charge in [0, 0.05) is 32.8 Å². The van der Waals surface area contributed by atoms with E-state index in [1.54, 1.807) is 6.92 Å². The Kier molecular flexibility index (Phi) is 6.47. The third kappa shape index (κ3) is 5.02. The molecule has 100 valence electrons. The second kappa shape index (κ2) is 7.63. The van der Waals surface area contributed by atoms with Crippen molar-refractivity contribution in [1.82, 2.24) is 9.80 Å². The summed E-state index contributed by atoms with van der Waals surface area (Å²) in [5.41, 5.74) is 0. The van der Waals surface area contributed by atoms with E-state index in [4.69, 9.17) is 10.2 Å². The summed E-state index contributed by atoms with van der Waals surface area (Å²) < 4.78 is 0. The predicted octanol–water partition coefficient (Wildman–Crippen LogP) is 0.240. The zero-order valence-corrected chi connectivity index (χ0v) is 10.6. The van der Waals surface area contributed by atoms with Gasteiger partial charge in [-0.3, -0.25) is 9.69 Å². The Morgan fingerprint density at radius 1 is 1.18 bits per heavy atom. The largest absolute Gasteiger partial charge is 0.480 e. The van der Waals surface area contributed by atoms with Gasteiger partial charge in [0.1, 0.15) is 6.04 Å². The summed E-state index contributed by atoms with van der Waals surface area (Å²) >= 11 is 0. The van der Waals surface area contributed by atoms with Gasteiger partial charge >= 0.3 is 5.97 Å². The third-order valence-corrected chi connectivity index (χ3v) is 3.44. The highest BCUT2D eigenvalue weighted by Gasteiger charge is 2.24. The molecule has 17 heavy (non-hydrogen) atoms. The Morgan fingerprint density at radius 3 is 2.35 bits per heavy atom. The van der Waals surface area contributed by atoms with Crippen LogP contribution in [-0.2, 0) is 4.79 Å². The molecule has 0 saturated carbocycles. The van der Waals surface area contributed by atoms with Crippen LogP contribution in [0, 0.1) is 0 Å². The summed E-state index contributed by atoms with van der Waals surface area (Å²) in [7, 11) is 0. The van der Waals surface area contributed by atoms with Crippen molar-refractivity contribution in [2.45, 2.75) is 32.2 Å². The summed E-state index contributed by atoms with van der Waals surface area (Å²) in [4.78, 5) is 15.2. The number of piperazine rings is 1. The van der Waals surface area contributed by atoms with E-state index in [9.17, 15) is 4.79 Å². The summed E-state index contributed by atoms with van der Waals surface area (Å²) in [5, 5.41) is 17.6. The minimum atomic E-state index is -0.735. The Hall–Kier alpha value is -0.650. The maximum absolute atomic E-state index is 10.8. The van der Waals surface area contributed by atoms with E-state index in [1.807, 2.05) is 4.90 Å². The zero-order valence-electron chi connectivity index (χ0n) is 10.6. The van der Waals surface area contributed by atoms with Gasteiger partial charge in [0.05, 0.1) is 0 Å². The topological polar surface area (TPSA) is 64.0 Å². The van der Waals surface area contributed by atoms with Crippen LogP contribution < -0.4 is 0 Å². The number of aliphatic carboxylic acids is 1. The Morgan fingerprint density at radius 2 is 1.82 bits per heavy atom. The van der Waals surface area contributed by atoms with Crippen LogP contribution in [0.5, 0.6) is 0 Å². The molecule has 5 nitrogen and oxygen atoms in total. The number of hydrogen-bond donors (Lipinski definition) is 2. The molecule has 1 saturated heterocycles. The van der Waals surface area contributed by atoms with E-state index in [0.717, 1.165) is 52.0 Å². The number of aliphatic hydroxyl groups excluding tert-OH is 1. The molecule has 0 spiro atoms. The van der Waals surface area contributed by atoms with Crippen LogP contribution in [0.4, 0.5) is 0 Å². The number of rotatable bonds is 7. The maximum Gasteiger partial charge on any atom is 0.320 e. The lowest BCUT2D eigenvalue weighted by molar-refractivity contribution is -0.143. The zero-order chi connectivity index (χ0) is 12.7. The second-order valence-corrected chi connectivity index (χ2v) is 4.68. The Labute approximate surface area is 103 Å². The fraction of sp³-hybridized carbons (Fsp3) is 0.917. The summed E-state index contributed by atoms with van der Waals surface area (Å²) in [5.74, 6) is -0.735. The number of aliphatic hydroxyl groups is 1. The second-order valence-electron chi connectivity index (χ2n) is 4.68. The fourth-order valence-corrected chi connectivity index (χ4v) is 2.15. The van der Waals surface area contributed by atoms with Crippen molar-refractivity contribution in [2.24, 2.45) is 0 Å². The van der Waals surface area contributed by atoms with Crippen molar-refractivity contribution >= 4 is 5.97 Å². The van der Waals surface area contributed by atoms with E-state index in [-0.39, 0.29) is 12.6 Å². The van der Waals surface area contributed by atoms with Crippen LogP contribution >= 0.6 is 0 Å². The van der Waals surface area contributed by atoms with Crippen molar-refractivity contribution in [3.63, 3.8) is 0 Å². The molecule has 0 radical (unpaired) electrons. The van der Waals surface area contributed by atoms with Crippen molar-refractivity contribution in [1.29, 1.82) is 0 Å². The van der Waals surface area contributed by atoms with Gasteiger partial charge in [-0.2, -0.15) is 0 Å². The molecular weight excluding hydrogens is 220 g/mol. The number of carboxylic acid groups (broad SMARTS) is 1. The highest BCUT2D eigenvalue weighted by atomic mass is 16.4. The monoisotopic (exact) mass is 244 g/mol. The first-order valence-corrected chi connectivity index (χ1v) is 6.45. The van der Waals surface area contributed by atoms with Gasteiger partial charge in [-0.15, -0.1) is 0 Å². The van der Waals surface area contributed by atoms with Crippen molar-refractivity contribution in [3.05, 3.63) is 0 Å². The van der Waals surface area contributed by atoms with Gasteiger partial charge in [0.25, 0.3) is 0 Å². The van der Waals surface area contributed by atoms with Crippen LogP contribution in [0.15, 0.2) is 0 Å². The minimum absolute atomic E-state index is 0.282. The molecule has 1 rings (SSSR count). The van der Waals surface area contributed by atoms with Crippen LogP contribution in [0.25, 0.3) is 0 Å². The number of carbonyl (C=O) groups is 1. The Balaban J connectivity index is 2.15.